The van der Waals surface area contributed by atoms with Crippen molar-refractivity contribution < 1.29 is 19.0 Å². The third-order valence-corrected chi connectivity index (χ3v) is 4.12. The second-order valence-electron chi connectivity index (χ2n) is 4.93. The van der Waals surface area contributed by atoms with E-state index in [1.807, 2.05) is 30.3 Å². The number of aliphatic imine (C=N–C) groups is 1. The van der Waals surface area contributed by atoms with Gasteiger partial charge in [0.15, 0.2) is 17.2 Å². The van der Waals surface area contributed by atoms with Gasteiger partial charge in [0.05, 0.1) is 5.56 Å². The molecule has 114 valence electrons. The average molecular weight is 372 g/mol. The number of hydrogen-bond acceptors (Lipinski definition) is 5. The van der Waals surface area contributed by atoms with Gasteiger partial charge in [-0.15, -0.1) is 0 Å². The predicted molar refractivity (Wildman–Crippen MR) is 87.3 cm³/mol. The Kier molecular flexibility index (Phi) is 3.38. The minimum absolute atomic E-state index is 0.210. The van der Waals surface area contributed by atoms with Crippen LogP contribution in [-0.2, 0) is 9.53 Å². The fraction of sp³-hybridized carbons (Fsp3) is 0.0588. The topological polar surface area (TPSA) is 57.1 Å². The molecule has 0 aromatic heterocycles. The van der Waals surface area contributed by atoms with Crippen molar-refractivity contribution in [1.29, 1.82) is 0 Å². The number of carbonyl (C=O) groups is 1. The first-order valence-electron chi connectivity index (χ1n) is 6.88. The van der Waals surface area contributed by atoms with Crippen LogP contribution in [0.1, 0.15) is 11.1 Å². The van der Waals surface area contributed by atoms with Crippen LogP contribution in [0.3, 0.4) is 0 Å². The first kappa shape index (κ1) is 14.0. The zero-order chi connectivity index (χ0) is 15.8. The molecule has 0 atom stereocenters. The highest BCUT2D eigenvalue weighted by atomic mass is 79.9. The SMILES string of the molecule is O=C1OC(c2ccccc2Br)=N/C1=C\c1ccc2c(c1)OCO2. The van der Waals surface area contributed by atoms with Gasteiger partial charge in [-0.05, 0) is 51.8 Å². The van der Waals surface area contributed by atoms with E-state index < -0.39 is 5.97 Å². The largest absolute Gasteiger partial charge is 0.454 e. The Morgan fingerprint density at radius 2 is 1.91 bits per heavy atom. The number of fused-ring (bicyclic) bond motifs is 1. The number of hydrogen-bond donors (Lipinski definition) is 0. The lowest BCUT2D eigenvalue weighted by Crippen LogP contribution is -2.05. The maximum atomic E-state index is 12.0. The minimum atomic E-state index is -0.478. The zero-order valence-electron chi connectivity index (χ0n) is 11.8. The number of esters is 1. The Morgan fingerprint density at radius 3 is 2.78 bits per heavy atom. The van der Waals surface area contributed by atoms with Gasteiger partial charge in [-0.25, -0.2) is 9.79 Å². The van der Waals surface area contributed by atoms with Crippen molar-refractivity contribution in [2.24, 2.45) is 4.99 Å². The van der Waals surface area contributed by atoms with Crippen LogP contribution in [-0.4, -0.2) is 18.7 Å². The summed E-state index contributed by atoms with van der Waals surface area (Å²) in [5.41, 5.74) is 1.77. The van der Waals surface area contributed by atoms with Gasteiger partial charge in [-0.3, -0.25) is 0 Å². The molecular formula is C17H10BrNO4. The van der Waals surface area contributed by atoms with Crippen LogP contribution >= 0.6 is 15.9 Å². The third-order valence-electron chi connectivity index (χ3n) is 3.42. The molecule has 0 saturated heterocycles. The zero-order valence-corrected chi connectivity index (χ0v) is 13.4. The Labute approximate surface area is 140 Å². The molecule has 0 radical (unpaired) electrons. The Hall–Kier alpha value is -2.60. The Balaban J connectivity index is 1.69. The molecule has 0 unspecified atom stereocenters. The highest BCUT2D eigenvalue weighted by Crippen LogP contribution is 2.33. The monoisotopic (exact) mass is 371 g/mol. The third kappa shape index (κ3) is 2.61. The molecule has 2 aliphatic rings. The Morgan fingerprint density at radius 1 is 1.09 bits per heavy atom. The molecule has 2 heterocycles. The summed E-state index contributed by atoms with van der Waals surface area (Å²) in [4.78, 5) is 16.3. The van der Waals surface area contributed by atoms with E-state index in [0.717, 1.165) is 15.6 Å². The van der Waals surface area contributed by atoms with E-state index >= 15 is 0 Å². The van der Waals surface area contributed by atoms with Crippen molar-refractivity contribution in [3.8, 4) is 11.5 Å². The molecule has 0 N–H and O–H groups in total. The predicted octanol–water partition coefficient (Wildman–Crippen LogP) is 3.52. The molecule has 2 aliphatic heterocycles. The van der Waals surface area contributed by atoms with Gasteiger partial charge in [-0.2, -0.15) is 0 Å². The summed E-state index contributed by atoms with van der Waals surface area (Å²) in [6, 6.07) is 12.9. The maximum absolute atomic E-state index is 12.0. The molecule has 0 aliphatic carbocycles. The van der Waals surface area contributed by atoms with Gasteiger partial charge in [0.2, 0.25) is 12.7 Å². The summed E-state index contributed by atoms with van der Waals surface area (Å²) in [6.07, 6.45) is 1.66. The summed E-state index contributed by atoms with van der Waals surface area (Å²) < 4.78 is 16.7. The number of cyclic esters (lactones) is 1. The van der Waals surface area contributed by atoms with Crippen LogP contribution in [0.5, 0.6) is 11.5 Å². The van der Waals surface area contributed by atoms with Crippen LogP contribution in [0.2, 0.25) is 0 Å². The first-order chi connectivity index (χ1) is 11.2. The number of benzene rings is 2. The lowest BCUT2D eigenvalue weighted by Gasteiger charge is -2.01. The highest BCUT2D eigenvalue weighted by Gasteiger charge is 2.25. The van der Waals surface area contributed by atoms with Crippen molar-refractivity contribution in [2.45, 2.75) is 0 Å². The molecule has 0 bridgehead atoms. The number of carbonyl (C=O) groups excluding carboxylic acids is 1. The molecule has 0 saturated carbocycles. The van der Waals surface area contributed by atoms with E-state index in [9.17, 15) is 4.79 Å². The molecule has 5 nitrogen and oxygen atoms in total. The van der Waals surface area contributed by atoms with Gasteiger partial charge >= 0.3 is 5.97 Å². The summed E-state index contributed by atoms with van der Waals surface area (Å²) in [5, 5.41) is 0. The van der Waals surface area contributed by atoms with Crippen molar-refractivity contribution in [3.63, 3.8) is 0 Å². The quantitative estimate of drug-likeness (QED) is 0.598. The van der Waals surface area contributed by atoms with Crippen molar-refractivity contribution >= 4 is 33.9 Å². The second-order valence-corrected chi connectivity index (χ2v) is 5.78. The van der Waals surface area contributed by atoms with E-state index in [2.05, 4.69) is 20.9 Å². The molecule has 0 amide bonds. The molecule has 23 heavy (non-hydrogen) atoms. The van der Waals surface area contributed by atoms with E-state index in [1.54, 1.807) is 18.2 Å². The lowest BCUT2D eigenvalue weighted by atomic mass is 10.1. The molecule has 4 rings (SSSR count). The van der Waals surface area contributed by atoms with Crippen molar-refractivity contribution in [2.75, 3.05) is 6.79 Å². The van der Waals surface area contributed by atoms with Gasteiger partial charge < -0.3 is 14.2 Å². The summed E-state index contributed by atoms with van der Waals surface area (Å²) >= 11 is 3.42. The smallest absolute Gasteiger partial charge is 0.363 e. The molecule has 2 aromatic carbocycles. The standard InChI is InChI=1S/C17H10BrNO4/c18-12-4-2-1-3-11(12)16-19-13(17(20)23-16)7-10-5-6-14-15(8-10)22-9-21-14/h1-8H,9H2/b13-7-. The maximum Gasteiger partial charge on any atom is 0.363 e. The van der Waals surface area contributed by atoms with Crippen LogP contribution in [0.4, 0.5) is 0 Å². The van der Waals surface area contributed by atoms with Gasteiger partial charge in [0.1, 0.15) is 0 Å². The lowest BCUT2D eigenvalue weighted by molar-refractivity contribution is -0.129. The van der Waals surface area contributed by atoms with Gasteiger partial charge in [0.25, 0.3) is 0 Å². The minimum Gasteiger partial charge on any atom is -0.454 e. The summed E-state index contributed by atoms with van der Waals surface area (Å²) in [5.74, 6) is 1.15. The fourth-order valence-electron chi connectivity index (χ4n) is 2.32. The number of ether oxygens (including phenoxy) is 3. The summed E-state index contributed by atoms with van der Waals surface area (Å²) in [7, 11) is 0. The molecule has 0 fully saturated rings. The van der Waals surface area contributed by atoms with Gasteiger partial charge in [-0.1, -0.05) is 18.2 Å². The van der Waals surface area contributed by atoms with Gasteiger partial charge in [0, 0.05) is 4.47 Å². The van der Waals surface area contributed by atoms with E-state index in [1.165, 1.54) is 0 Å². The Bertz CT molecular complexity index is 873. The van der Waals surface area contributed by atoms with E-state index in [4.69, 9.17) is 14.2 Å². The van der Waals surface area contributed by atoms with Crippen molar-refractivity contribution in [3.05, 3.63) is 63.8 Å². The van der Waals surface area contributed by atoms with Crippen LogP contribution in [0.25, 0.3) is 6.08 Å². The highest BCUT2D eigenvalue weighted by molar-refractivity contribution is 9.10. The normalized spacial score (nSPS) is 17.3. The van der Waals surface area contributed by atoms with Crippen LogP contribution < -0.4 is 9.47 Å². The second kappa shape index (κ2) is 5.55. The molecule has 0 spiro atoms. The van der Waals surface area contributed by atoms with Crippen molar-refractivity contribution in [1.82, 2.24) is 0 Å². The van der Waals surface area contributed by atoms with E-state index in [-0.39, 0.29) is 18.4 Å². The first-order valence-corrected chi connectivity index (χ1v) is 7.67. The van der Waals surface area contributed by atoms with E-state index in [0.29, 0.717) is 11.5 Å². The number of halogens is 1. The van der Waals surface area contributed by atoms with Crippen LogP contribution in [0, 0.1) is 0 Å². The average Bonchev–Trinajstić information content (AvgIpc) is 3.14. The fourth-order valence-corrected chi connectivity index (χ4v) is 2.77. The molecular weight excluding hydrogens is 362 g/mol. The summed E-state index contributed by atoms with van der Waals surface area (Å²) in [6.45, 7) is 0.210. The molecule has 2 aromatic rings. The number of rotatable bonds is 2. The van der Waals surface area contributed by atoms with Crippen LogP contribution in [0.15, 0.2) is 57.6 Å². The molecule has 6 heteroatoms. The number of nitrogens with zero attached hydrogens (tertiary/aromatic N) is 1.